The molecule has 1 aliphatic rings. The maximum Gasteiger partial charge on any atom is 0.353 e. The van der Waals surface area contributed by atoms with Crippen LogP contribution in [0, 0.1) is 0 Å². The number of ether oxygens (including phenoxy) is 1. The highest BCUT2D eigenvalue weighted by molar-refractivity contribution is 5.79. The van der Waals surface area contributed by atoms with Crippen LogP contribution in [0.4, 0.5) is 0 Å². The van der Waals surface area contributed by atoms with Crippen molar-refractivity contribution in [3.05, 3.63) is 52.6 Å². The Kier molecular flexibility index (Phi) is 4.36. The molecule has 136 valence electrons. The molecule has 1 fully saturated rings. The van der Waals surface area contributed by atoms with Crippen LogP contribution in [0.25, 0.3) is 22.4 Å². The smallest absolute Gasteiger partial charge is 0.353 e. The molecule has 1 aromatic carbocycles. The van der Waals surface area contributed by atoms with Gasteiger partial charge in [-0.2, -0.15) is 4.98 Å². The van der Waals surface area contributed by atoms with Crippen LogP contribution in [-0.2, 0) is 11.2 Å². The summed E-state index contributed by atoms with van der Waals surface area (Å²) in [5.41, 5.74) is 1.89. The Morgan fingerprint density at radius 1 is 1.31 bits per heavy atom. The number of aromatic nitrogens is 2. The highest BCUT2D eigenvalue weighted by atomic mass is 16.5. The zero-order valence-electron chi connectivity index (χ0n) is 14.3. The molecule has 2 aromatic heterocycles. The van der Waals surface area contributed by atoms with Gasteiger partial charge in [0.05, 0.1) is 18.1 Å². The van der Waals surface area contributed by atoms with Gasteiger partial charge in [-0.1, -0.05) is 31.2 Å². The Bertz CT molecular complexity index is 976. The number of aliphatic hydroxyl groups excluding tert-OH is 2. The number of fused-ring (bicyclic) bond motifs is 1. The first-order chi connectivity index (χ1) is 12.6. The number of aryl methyl sites for hydroxylation is 1. The monoisotopic (exact) mass is 356 g/mol. The van der Waals surface area contributed by atoms with Gasteiger partial charge in [0.25, 0.3) is 0 Å². The SMILES string of the molecule is CCc1ccc(-c2cc3cn([C@H]4C[C@H](O)[C@@H](CO)O4)c(=O)nc3o2)cc1. The summed E-state index contributed by atoms with van der Waals surface area (Å²) in [6, 6.07) is 9.86. The van der Waals surface area contributed by atoms with Crippen molar-refractivity contribution in [1.82, 2.24) is 9.55 Å². The zero-order chi connectivity index (χ0) is 18.3. The summed E-state index contributed by atoms with van der Waals surface area (Å²) in [6.45, 7) is 1.80. The van der Waals surface area contributed by atoms with Crippen LogP contribution < -0.4 is 5.69 Å². The minimum absolute atomic E-state index is 0.224. The second-order valence-electron chi connectivity index (χ2n) is 6.47. The third-order valence-corrected chi connectivity index (χ3v) is 4.78. The molecule has 0 saturated carbocycles. The van der Waals surface area contributed by atoms with Crippen molar-refractivity contribution in [3.8, 4) is 11.3 Å². The van der Waals surface area contributed by atoms with Gasteiger partial charge in [-0.15, -0.1) is 0 Å². The van der Waals surface area contributed by atoms with Gasteiger partial charge in [0, 0.05) is 18.2 Å². The maximum atomic E-state index is 12.3. The molecule has 0 unspecified atom stereocenters. The van der Waals surface area contributed by atoms with Crippen LogP contribution in [0.2, 0.25) is 0 Å². The fourth-order valence-corrected chi connectivity index (χ4v) is 3.23. The van der Waals surface area contributed by atoms with Crippen molar-refractivity contribution < 1.29 is 19.4 Å². The lowest BCUT2D eigenvalue weighted by Crippen LogP contribution is -2.27. The van der Waals surface area contributed by atoms with E-state index in [1.807, 2.05) is 30.3 Å². The molecule has 0 radical (unpaired) electrons. The Labute approximate surface area is 149 Å². The van der Waals surface area contributed by atoms with E-state index < -0.39 is 24.1 Å². The summed E-state index contributed by atoms with van der Waals surface area (Å²) in [5, 5.41) is 19.8. The average molecular weight is 356 g/mol. The summed E-state index contributed by atoms with van der Waals surface area (Å²) in [6.07, 6.45) is 0.637. The molecule has 0 aliphatic carbocycles. The Hall–Kier alpha value is -2.48. The van der Waals surface area contributed by atoms with Crippen LogP contribution in [0.15, 0.2) is 45.7 Å². The summed E-state index contributed by atoms with van der Waals surface area (Å²) in [4.78, 5) is 16.3. The topological polar surface area (TPSA) is 97.7 Å². The Balaban J connectivity index is 1.70. The van der Waals surface area contributed by atoms with E-state index in [0.29, 0.717) is 11.1 Å². The number of rotatable bonds is 4. The zero-order valence-corrected chi connectivity index (χ0v) is 14.3. The lowest BCUT2D eigenvalue weighted by molar-refractivity contribution is -0.0457. The molecular formula is C19H20N2O5. The van der Waals surface area contributed by atoms with Crippen LogP contribution >= 0.6 is 0 Å². The molecule has 7 heteroatoms. The minimum Gasteiger partial charge on any atom is -0.437 e. The van der Waals surface area contributed by atoms with Crippen molar-refractivity contribution in [2.75, 3.05) is 6.61 Å². The van der Waals surface area contributed by atoms with Gasteiger partial charge in [0.2, 0.25) is 5.71 Å². The fraction of sp³-hybridized carbons (Fsp3) is 0.368. The third kappa shape index (κ3) is 2.94. The standard InChI is InChI=1S/C19H20N2O5/c1-2-11-3-5-12(6-4-11)15-7-13-9-21(19(24)20-18(13)26-15)17-8-14(23)16(10-22)25-17/h3-7,9,14,16-17,22-23H,2,8,10H2,1H3/t14-,16+,17+/m0/s1. The first-order valence-electron chi connectivity index (χ1n) is 8.65. The Morgan fingerprint density at radius 2 is 2.08 bits per heavy atom. The molecule has 0 bridgehead atoms. The molecular weight excluding hydrogens is 336 g/mol. The quantitative estimate of drug-likeness (QED) is 0.740. The molecule has 2 N–H and O–H groups in total. The van der Waals surface area contributed by atoms with Crippen LogP contribution in [-0.4, -0.2) is 38.6 Å². The highest BCUT2D eigenvalue weighted by Gasteiger charge is 2.35. The number of furan rings is 1. The second kappa shape index (κ2) is 6.68. The molecule has 3 atom stereocenters. The summed E-state index contributed by atoms with van der Waals surface area (Å²) in [7, 11) is 0. The van der Waals surface area contributed by atoms with Crippen molar-refractivity contribution >= 4 is 11.1 Å². The third-order valence-electron chi connectivity index (χ3n) is 4.78. The van der Waals surface area contributed by atoms with Crippen LogP contribution in [0.5, 0.6) is 0 Å². The van der Waals surface area contributed by atoms with E-state index in [-0.39, 0.29) is 18.7 Å². The van der Waals surface area contributed by atoms with Crippen molar-refractivity contribution in [3.63, 3.8) is 0 Å². The van der Waals surface area contributed by atoms with Crippen LogP contribution in [0.3, 0.4) is 0 Å². The maximum absolute atomic E-state index is 12.3. The van der Waals surface area contributed by atoms with Gasteiger partial charge in [0.15, 0.2) is 0 Å². The first-order valence-corrected chi connectivity index (χ1v) is 8.65. The predicted molar refractivity (Wildman–Crippen MR) is 94.7 cm³/mol. The first kappa shape index (κ1) is 17.0. The minimum atomic E-state index is -0.815. The van der Waals surface area contributed by atoms with Crippen LogP contribution in [0.1, 0.15) is 25.1 Å². The van der Waals surface area contributed by atoms with Gasteiger partial charge in [-0.3, -0.25) is 4.57 Å². The number of nitrogens with zero attached hydrogens (tertiary/aromatic N) is 2. The van der Waals surface area contributed by atoms with Gasteiger partial charge >= 0.3 is 5.69 Å². The molecule has 3 heterocycles. The molecule has 4 rings (SSSR count). The fourth-order valence-electron chi connectivity index (χ4n) is 3.23. The number of hydrogen-bond donors (Lipinski definition) is 2. The van der Waals surface area contributed by atoms with E-state index >= 15 is 0 Å². The van der Waals surface area contributed by atoms with E-state index in [1.165, 1.54) is 10.1 Å². The average Bonchev–Trinajstić information content (AvgIpc) is 3.23. The second-order valence-corrected chi connectivity index (χ2v) is 6.47. The molecule has 0 amide bonds. The molecule has 1 aliphatic heterocycles. The van der Waals surface area contributed by atoms with Gasteiger partial charge in [-0.05, 0) is 18.1 Å². The van der Waals surface area contributed by atoms with Gasteiger partial charge in [-0.25, -0.2) is 4.79 Å². The number of benzene rings is 1. The van der Waals surface area contributed by atoms with Crippen molar-refractivity contribution in [2.45, 2.75) is 38.2 Å². The summed E-state index contributed by atoms with van der Waals surface area (Å²) in [5.74, 6) is 0.632. The molecule has 3 aromatic rings. The van der Waals surface area contributed by atoms with E-state index in [2.05, 4.69) is 11.9 Å². The molecule has 1 saturated heterocycles. The van der Waals surface area contributed by atoms with E-state index in [1.54, 1.807) is 6.20 Å². The Morgan fingerprint density at radius 3 is 2.73 bits per heavy atom. The van der Waals surface area contributed by atoms with E-state index in [9.17, 15) is 15.0 Å². The van der Waals surface area contributed by atoms with Gasteiger partial charge in [0.1, 0.15) is 18.1 Å². The van der Waals surface area contributed by atoms with E-state index in [4.69, 9.17) is 9.15 Å². The normalized spacial score (nSPS) is 23.0. The summed E-state index contributed by atoms with van der Waals surface area (Å²) >= 11 is 0. The van der Waals surface area contributed by atoms with Gasteiger partial charge < -0.3 is 19.4 Å². The van der Waals surface area contributed by atoms with E-state index in [0.717, 1.165) is 12.0 Å². The predicted octanol–water partition coefficient (Wildman–Crippen LogP) is 1.86. The molecule has 7 nitrogen and oxygen atoms in total. The number of aliphatic hydroxyl groups is 2. The van der Waals surface area contributed by atoms with Crippen molar-refractivity contribution in [2.24, 2.45) is 0 Å². The lowest BCUT2D eigenvalue weighted by atomic mass is 10.1. The van der Waals surface area contributed by atoms with Crippen molar-refractivity contribution in [1.29, 1.82) is 0 Å². The lowest BCUT2D eigenvalue weighted by Gasteiger charge is -2.13. The molecule has 0 spiro atoms. The number of hydrogen-bond acceptors (Lipinski definition) is 6. The molecule has 26 heavy (non-hydrogen) atoms. The largest absolute Gasteiger partial charge is 0.437 e. The highest BCUT2D eigenvalue weighted by Crippen LogP contribution is 2.30. The summed E-state index contributed by atoms with van der Waals surface area (Å²) < 4.78 is 12.6.